The third-order valence-corrected chi connectivity index (χ3v) is 7.56. The molecule has 8 nitrogen and oxygen atoms in total. The van der Waals surface area contributed by atoms with E-state index in [9.17, 15) is 14.9 Å². The maximum absolute atomic E-state index is 12.8. The van der Waals surface area contributed by atoms with Crippen molar-refractivity contribution in [2.45, 2.75) is 52.1 Å². The highest BCUT2D eigenvalue weighted by molar-refractivity contribution is 7.16. The third kappa shape index (κ3) is 5.38. The number of nitrogens with one attached hydrogen (secondary N) is 1. The monoisotopic (exact) mass is 491 g/mol. The molecule has 0 bridgehead atoms. The molecular weight excluding hydrogens is 462 g/mol. The lowest BCUT2D eigenvalue weighted by molar-refractivity contribution is -0.132. The van der Waals surface area contributed by atoms with Gasteiger partial charge < -0.3 is 19.5 Å². The molecule has 0 fully saturated rings. The number of carbonyl (C=O) groups excluding carboxylic acids is 2. The van der Waals surface area contributed by atoms with Gasteiger partial charge in [-0.05, 0) is 36.5 Å². The van der Waals surface area contributed by atoms with E-state index in [4.69, 9.17) is 4.74 Å². The summed E-state index contributed by atoms with van der Waals surface area (Å²) in [7, 11) is 1.62. The molecule has 1 aromatic carbocycles. The molecule has 4 rings (SSSR count). The van der Waals surface area contributed by atoms with E-state index in [1.807, 2.05) is 53.8 Å². The first-order valence-corrected chi connectivity index (χ1v) is 12.5. The van der Waals surface area contributed by atoms with Gasteiger partial charge in [0.1, 0.15) is 22.6 Å². The maximum Gasteiger partial charge on any atom is 0.225 e. The summed E-state index contributed by atoms with van der Waals surface area (Å²) in [5.74, 6) is 1.52. The lowest BCUT2D eigenvalue weighted by Crippen LogP contribution is -2.35. The number of aromatic nitrogens is 2. The number of carbonyl (C=O) groups is 2. The molecule has 1 aliphatic rings. The van der Waals surface area contributed by atoms with Crippen molar-refractivity contribution in [3.63, 3.8) is 0 Å². The molecule has 182 valence electrons. The van der Waals surface area contributed by atoms with Gasteiger partial charge in [0.25, 0.3) is 0 Å². The topological polar surface area (TPSA) is 100 Å². The Kier molecular flexibility index (Phi) is 7.51. The first kappa shape index (κ1) is 24.5. The second-order valence-electron chi connectivity index (χ2n) is 8.70. The first-order valence-electron chi connectivity index (χ1n) is 11.6. The van der Waals surface area contributed by atoms with Gasteiger partial charge in [-0.2, -0.15) is 5.26 Å². The van der Waals surface area contributed by atoms with Crippen LogP contribution in [0.3, 0.4) is 0 Å². The number of hydrogen-bond acceptors (Lipinski definition) is 6. The smallest absolute Gasteiger partial charge is 0.225 e. The Balaban J connectivity index is 1.40. The molecule has 1 N–H and O–H groups in total. The fraction of sp³-hybridized carbons (Fsp3) is 0.385. The van der Waals surface area contributed by atoms with E-state index in [-0.39, 0.29) is 24.2 Å². The number of fused-ring (bicyclic) bond motifs is 1. The van der Waals surface area contributed by atoms with Gasteiger partial charge in [-0.25, -0.2) is 4.98 Å². The van der Waals surface area contributed by atoms with Gasteiger partial charge in [0.05, 0.1) is 19.2 Å². The molecule has 2 aromatic heterocycles. The van der Waals surface area contributed by atoms with Gasteiger partial charge >= 0.3 is 0 Å². The lowest BCUT2D eigenvalue weighted by atomic mass is 9.96. The van der Waals surface area contributed by atoms with Gasteiger partial charge in [-0.3, -0.25) is 9.59 Å². The Morgan fingerprint density at radius 3 is 2.86 bits per heavy atom. The fourth-order valence-corrected chi connectivity index (χ4v) is 5.71. The molecule has 2 amide bonds. The van der Waals surface area contributed by atoms with Crippen LogP contribution in [-0.2, 0) is 29.1 Å². The zero-order chi connectivity index (χ0) is 24.9. The Labute approximate surface area is 209 Å². The van der Waals surface area contributed by atoms with Gasteiger partial charge in [0.15, 0.2) is 0 Å². The van der Waals surface area contributed by atoms with Crippen molar-refractivity contribution in [2.75, 3.05) is 19.0 Å². The number of amides is 2. The molecule has 35 heavy (non-hydrogen) atoms. The molecule has 0 aliphatic carbocycles. The standard InChI is InChI=1S/C26H29N5O3S/c1-17(19-6-4-5-7-22(19)34-3)14-24(32)29-26-21(15-27)20-8-11-31(16-23(20)35-26)25(33)9-12-30-13-10-28-18(30)2/h4-7,10,13,17H,8-9,11-12,14,16H2,1-3H3,(H,29,32)/t17-/m0/s1. The molecule has 0 spiro atoms. The molecule has 3 heterocycles. The van der Waals surface area contributed by atoms with Crippen molar-refractivity contribution in [1.29, 1.82) is 5.26 Å². The van der Waals surface area contributed by atoms with E-state index in [0.29, 0.717) is 43.0 Å². The highest BCUT2D eigenvalue weighted by atomic mass is 32.1. The summed E-state index contributed by atoms with van der Waals surface area (Å²) in [5, 5.41) is 13.3. The van der Waals surface area contributed by atoms with Crippen LogP contribution in [0.5, 0.6) is 5.75 Å². The number of hydrogen-bond donors (Lipinski definition) is 1. The summed E-state index contributed by atoms with van der Waals surface area (Å²) < 4.78 is 7.39. The zero-order valence-electron chi connectivity index (χ0n) is 20.2. The van der Waals surface area contributed by atoms with Crippen LogP contribution in [-0.4, -0.2) is 39.9 Å². The number of imidazole rings is 1. The summed E-state index contributed by atoms with van der Waals surface area (Å²) in [6.07, 6.45) is 4.88. The average molecular weight is 492 g/mol. The predicted octanol–water partition coefficient (Wildman–Crippen LogP) is 4.24. The SMILES string of the molecule is COc1ccccc1[C@@H](C)CC(=O)Nc1sc2c(c1C#N)CCN(C(=O)CCn1ccnc1C)C2. The van der Waals surface area contributed by atoms with E-state index < -0.39 is 0 Å². The minimum atomic E-state index is -0.151. The van der Waals surface area contributed by atoms with Crippen molar-refractivity contribution in [3.8, 4) is 11.8 Å². The van der Waals surface area contributed by atoms with E-state index in [1.54, 1.807) is 13.3 Å². The molecule has 0 unspecified atom stereocenters. The summed E-state index contributed by atoms with van der Waals surface area (Å²) in [6, 6.07) is 9.94. The third-order valence-electron chi connectivity index (χ3n) is 6.43. The number of rotatable bonds is 8. The number of nitrogens with zero attached hydrogens (tertiary/aromatic N) is 4. The number of para-hydroxylation sites is 1. The lowest BCUT2D eigenvalue weighted by Gasteiger charge is -2.27. The largest absolute Gasteiger partial charge is 0.496 e. The Morgan fingerprint density at radius 2 is 2.14 bits per heavy atom. The van der Waals surface area contributed by atoms with E-state index in [2.05, 4.69) is 16.4 Å². The van der Waals surface area contributed by atoms with Gasteiger partial charge in [0, 0.05) is 43.2 Å². The normalized spacial score (nSPS) is 13.6. The van der Waals surface area contributed by atoms with Gasteiger partial charge in [0.2, 0.25) is 11.8 Å². The van der Waals surface area contributed by atoms with Crippen molar-refractivity contribution in [2.24, 2.45) is 0 Å². The van der Waals surface area contributed by atoms with Crippen molar-refractivity contribution >= 4 is 28.2 Å². The van der Waals surface area contributed by atoms with Crippen LogP contribution in [0.25, 0.3) is 0 Å². The highest BCUT2D eigenvalue weighted by Gasteiger charge is 2.28. The van der Waals surface area contributed by atoms with E-state index in [0.717, 1.165) is 27.6 Å². The van der Waals surface area contributed by atoms with E-state index >= 15 is 0 Å². The summed E-state index contributed by atoms with van der Waals surface area (Å²) >= 11 is 1.40. The van der Waals surface area contributed by atoms with Gasteiger partial charge in [-0.15, -0.1) is 11.3 Å². The Hall–Kier alpha value is -3.64. The summed E-state index contributed by atoms with van der Waals surface area (Å²) in [6.45, 7) is 5.52. The fourth-order valence-electron chi connectivity index (χ4n) is 4.48. The molecule has 3 aromatic rings. The van der Waals surface area contributed by atoms with Crippen LogP contribution >= 0.6 is 11.3 Å². The molecule has 0 saturated carbocycles. The minimum absolute atomic E-state index is 0.0430. The number of methoxy groups -OCH3 is 1. The Morgan fingerprint density at radius 1 is 1.34 bits per heavy atom. The number of anilines is 1. The first-order chi connectivity index (χ1) is 16.9. The number of aryl methyl sites for hydroxylation is 2. The minimum Gasteiger partial charge on any atom is -0.496 e. The van der Waals surface area contributed by atoms with Crippen LogP contribution in [0.15, 0.2) is 36.7 Å². The quantitative estimate of drug-likeness (QED) is 0.508. The molecule has 0 radical (unpaired) electrons. The van der Waals surface area contributed by atoms with Crippen LogP contribution in [0.1, 0.15) is 53.1 Å². The van der Waals surface area contributed by atoms with E-state index in [1.165, 1.54) is 11.3 Å². The molecule has 0 saturated heterocycles. The zero-order valence-corrected chi connectivity index (χ0v) is 21.0. The second-order valence-corrected chi connectivity index (χ2v) is 9.80. The average Bonchev–Trinajstić information content (AvgIpc) is 3.43. The van der Waals surface area contributed by atoms with Crippen molar-refractivity contribution < 1.29 is 14.3 Å². The maximum atomic E-state index is 12.8. The number of nitriles is 1. The van der Waals surface area contributed by atoms with Gasteiger partial charge in [-0.1, -0.05) is 25.1 Å². The van der Waals surface area contributed by atoms with Crippen LogP contribution < -0.4 is 10.1 Å². The van der Waals surface area contributed by atoms with Crippen molar-refractivity contribution in [3.05, 3.63) is 64.1 Å². The second kappa shape index (κ2) is 10.7. The van der Waals surface area contributed by atoms with Crippen LogP contribution in [0.4, 0.5) is 5.00 Å². The molecule has 9 heteroatoms. The van der Waals surface area contributed by atoms with Crippen molar-refractivity contribution in [1.82, 2.24) is 14.5 Å². The molecule has 1 aliphatic heterocycles. The summed E-state index contributed by atoms with van der Waals surface area (Å²) in [4.78, 5) is 32.7. The predicted molar refractivity (Wildman–Crippen MR) is 134 cm³/mol. The molecular formula is C26H29N5O3S. The molecule has 1 atom stereocenters. The number of thiophene rings is 1. The number of ether oxygens (including phenoxy) is 1. The highest BCUT2D eigenvalue weighted by Crippen LogP contribution is 2.37. The Bertz CT molecular complexity index is 1270. The number of benzene rings is 1. The van der Waals surface area contributed by atoms with Crippen LogP contribution in [0, 0.1) is 18.3 Å². The summed E-state index contributed by atoms with van der Waals surface area (Å²) in [5.41, 5.74) is 2.43. The van der Waals surface area contributed by atoms with Crippen LogP contribution in [0.2, 0.25) is 0 Å².